The van der Waals surface area contributed by atoms with E-state index >= 15 is 0 Å². The van der Waals surface area contributed by atoms with Crippen molar-refractivity contribution in [3.63, 3.8) is 0 Å². The number of benzene rings is 1. The van der Waals surface area contributed by atoms with Gasteiger partial charge in [0.05, 0.1) is 17.3 Å². The number of carbonyl (C=O) groups is 1. The van der Waals surface area contributed by atoms with Gasteiger partial charge in [0, 0.05) is 31.0 Å². The maximum Gasteiger partial charge on any atom is 0.251 e. The summed E-state index contributed by atoms with van der Waals surface area (Å²) in [5, 5.41) is 6.52. The van der Waals surface area contributed by atoms with Crippen molar-refractivity contribution in [3.8, 4) is 0 Å². The van der Waals surface area contributed by atoms with Gasteiger partial charge in [0.25, 0.3) is 5.91 Å². The Balaban J connectivity index is 2.12. The zero-order valence-electron chi connectivity index (χ0n) is 12.3. The number of nitrogens with zero attached hydrogens (tertiary/aromatic N) is 1. The number of hydrogen-bond acceptors (Lipinski definition) is 2. The van der Waals surface area contributed by atoms with Gasteiger partial charge in [-0.3, -0.25) is 4.79 Å². The highest BCUT2D eigenvalue weighted by molar-refractivity contribution is 6.33. The van der Waals surface area contributed by atoms with E-state index in [1.807, 2.05) is 6.07 Å². The summed E-state index contributed by atoms with van der Waals surface area (Å²) in [6, 6.07) is 9.34. The molecule has 0 bridgehead atoms. The minimum absolute atomic E-state index is 0.121. The average Bonchev–Trinajstić information content (AvgIpc) is 2.93. The molecule has 2 N–H and O–H groups in total. The van der Waals surface area contributed by atoms with Gasteiger partial charge >= 0.3 is 0 Å². The molecule has 5 heteroatoms. The Morgan fingerprint density at radius 2 is 2.14 bits per heavy atom. The molecule has 0 saturated heterocycles. The molecular formula is C16H20ClN3O. The van der Waals surface area contributed by atoms with Crippen LogP contribution in [0.5, 0.6) is 0 Å². The van der Waals surface area contributed by atoms with Crippen LogP contribution in [-0.4, -0.2) is 17.5 Å². The first-order valence-corrected chi connectivity index (χ1v) is 7.43. The maximum atomic E-state index is 11.7. The molecule has 112 valence electrons. The maximum absolute atomic E-state index is 11.7. The average molecular weight is 306 g/mol. The Morgan fingerprint density at radius 1 is 1.33 bits per heavy atom. The van der Waals surface area contributed by atoms with Gasteiger partial charge in [-0.1, -0.05) is 18.5 Å². The van der Waals surface area contributed by atoms with E-state index in [-0.39, 0.29) is 5.91 Å². The highest BCUT2D eigenvalue weighted by Crippen LogP contribution is 2.23. The molecule has 4 nitrogen and oxygen atoms in total. The van der Waals surface area contributed by atoms with Crippen molar-refractivity contribution in [2.75, 3.05) is 12.4 Å². The molecule has 1 aromatic carbocycles. The van der Waals surface area contributed by atoms with E-state index in [9.17, 15) is 4.79 Å². The van der Waals surface area contributed by atoms with E-state index in [1.165, 1.54) is 5.69 Å². The smallest absolute Gasteiger partial charge is 0.251 e. The third kappa shape index (κ3) is 3.79. The first-order chi connectivity index (χ1) is 10.2. The van der Waals surface area contributed by atoms with E-state index in [0.717, 1.165) is 18.7 Å². The molecule has 21 heavy (non-hydrogen) atoms. The Kier molecular flexibility index (Phi) is 5.28. The predicted molar refractivity (Wildman–Crippen MR) is 86.9 cm³/mol. The number of rotatable bonds is 6. The van der Waals surface area contributed by atoms with Crippen molar-refractivity contribution < 1.29 is 4.79 Å². The SMILES string of the molecule is CCCn1cccc1CNc1cc(C(=O)NC)ccc1Cl. The van der Waals surface area contributed by atoms with Crippen molar-refractivity contribution in [2.45, 2.75) is 26.4 Å². The van der Waals surface area contributed by atoms with Crippen LogP contribution in [-0.2, 0) is 13.1 Å². The zero-order valence-corrected chi connectivity index (χ0v) is 13.1. The lowest BCUT2D eigenvalue weighted by atomic mass is 10.2. The molecule has 0 fully saturated rings. The second kappa shape index (κ2) is 7.18. The van der Waals surface area contributed by atoms with Gasteiger partial charge in [0.15, 0.2) is 0 Å². The summed E-state index contributed by atoms with van der Waals surface area (Å²) < 4.78 is 2.21. The molecule has 0 aliphatic rings. The Hall–Kier alpha value is -1.94. The Morgan fingerprint density at radius 3 is 2.86 bits per heavy atom. The summed E-state index contributed by atoms with van der Waals surface area (Å²) in [7, 11) is 1.61. The van der Waals surface area contributed by atoms with Crippen LogP contribution in [0.15, 0.2) is 36.5 Å². The fourth-order valence-corrected chi connectivity index (χ4v) is 2.39. The molecule has 1 aromatic heterocycles. The largest absolute Gasteiger partial charge is 0.378 e. The van der Waals surface area contributed by atoms with Gasteiger partial charge in [-0.05, 0) is 36.8 Å². The van der Waals surface area contributed by atoms with Crippen molar-refractivity contribution >= 4 is 23.2 Å². The highest BCUT2D eigenvalue weighted by Gasteiger charge is 2.08. The van der Waals surface area contributed by atoms with E-state index in [4.69, 9.17) is 11.6 Å². The predicted octanol–water partition coefficient (Wildman–Crippen LogP) is 3.52. The summed E-state index contributed by atoms with van der Waals surface area (Å²) in [5.41, 5.74) is 2.55. The molecule has 0 saturated carbocycles. The van der Waals surface area contributed by atoms with Crippen LogP contribution in [0, 0.1) is 0 Å². The standard InChI is InChI=1S/C16H20ClN3O/c1-3-8-20-9-4-5-13(20)11-19-15-10-12(16(21)18-2)6-7-14(15)17/h4-7,9-10,19H,3,8,11H2,1-2H3,(H,18,21). The van der Waals surface area contributed by atoms with E-state index in [1.54, 1.807) is 25.2 Å². The fraction of sp³-hybridized carbons (Fsp3) is 0.312. The first kappa shape index (κ1) is 15.4. The van der Waals surface area contributed by atoms with Crippen LogP contribution in [0.2, 0.25) is 5.02 Å². The van der Waals surface area contributed by atoms with Crippen LogP contribution in [0.3, 0.4) is 0 Å². The van der Waals surface area contributed by atoms with E-state index in [2.05, 4.69) is 34.4 Å². The number of hydrogen-bond donors (Lipinski definition) is 2. The van der Waals surface area contributed by atoms with Crippen LogP contribution in [0.4, 0.5) is 5.69 Å². The lowest BCUT2D eigenvalue weighted by Gasteiger charge is -2.12. The highest BCUT2D eigenvalue weighted by atomic mass is 35.5. The molecular weight excluding hydrogens is 286 g/mol. The van der Waals surface area contributed by atoms with Crippen molar-refractivity contribution in [1.82, 2.24) is 9.88 Å². The minimum Gasteiger partial charge on any atom is -0.378 e. The van der Waals surface area contributed by atoms with E-state index in [0.29, 0.717) is 17.1 Å². The zero-order chi connectivity index (χ0) is 15.2. The summed E-state index contributed by atoms with van der Waals surface area (Å²) in [5.74, 6) is -0.121. The molecule has 2 rings (SSSR count). The van der Waals surface area contributed by atoms with Gasteiger partial charge in [-0.25, -0.2) is 0 Å². The van der Waals surface area contributed by atoms with Crippen LogP contribution in [0.1, 0.15) is 29.4 Å². The number of nitrogens with one attached hydrogen (secondary N) is 2. The Labute approximate surface area is 130 Å². The van der Waals surface area contributed by atoms with E-state index < -0.39 is 0 Å². The molecule has 1 heterocycles. The van der Waals surface area contributed by atoms with Crippen LogP contribution in [0.25, 0.3) is 0 Å². The number of aromatic nitrogens is 1. The fourth-order valence-electron chi connectivity index (χ4n) is 2.20. The van der Waals surface area contributed by atoms with Gasteiger partial charge in [0.2, 0.25) is 0 Å². The first-order valence-electron chi connectivity index (χ1n) is 7.05. The van der Waals surface area contributed by atoms with Crippen LogP contribution < -0.4 is 10.6 Å². The van der Waals surface area contributed by atoms with Gasteiger partial charge in [0.1, 0.15) is 0 Å². The van der Waals surface area contributed by atoms with Gasteiger partial charge in [-0.15, -0.1) is 0 Å². The summed E-state index contributed by atoms with van der Waals surface area (Å²) in [6.45, 7) is 3.82. The number of halogens is 1. The van der Waals surface area contributed by atoms with Crippen LogP contribution >= 0.6 is 11.6 Å². The second-order valence-corrected chi connectivity index (χ2v) is 5.23. The molecule has 0 spiro atoms. The molecule has 1 amide bonds. The number of carbonyl (C=O) groups excluding carboxylic acids is 1. The summed E-state index contributed by atoms with van der Waals surface area (Å²) in [6.07, 6.45) is 3.16. The number of amides is 1. The van der Waals surface area contributed by atoms with Crippen molar-refractivity contribution in [3.05, 3.63) is 52.8 Å². The Bertz CT molecular complexity index is 622. The molecule has 2 aromatic rings. The van der Waals surface area contributed by atoms with Crippen molar-refractivity contribution in [2.24, 2.45) is 0 Å². The third-order valence-electron chi connectivity index (χ3n) is 3.30. The quantitative estimate of drug-likeness (QED) is 0.857. The third-order valence-corrected chi connectivity index (χ3v) is 3.63. The summed E-state index contributed by atoms with van der Waals surface area (Å²) in [4.78, 5) is 11.7. The molecule has 0 unspecified atom stereocenters. The molecule has 0 aliphatic heterocycles. The molecule has 0 aliphatic carbocycles. The number of aryl methyl sites for hydroxylation is 1. The lowest BCUT2D eigenvalue weighted by Crippen LogP contribution is -2.18. The topological polar surface area (TPSA) is 46.1 Å². The molecule has 0 radical (unpaired) electrons. The normalized spacial score (nSPS) is 10.4. The molecule has 0 atom stereocenters. The second-order valence-electron chi connectivity index (χ2n) is 4.82. The summed E-state index contributed by atoms with van der Waals surface area (Å²) >= 11 is 6.18. The van der Waals surface area contributed by atoms with Crippen molar-refractivity contribution in [1.29, 1.82) is 0 Å². The van der Waals surface area contributed by atoms with Gasteiger partial charge in [-0.2, -0.15) is 0 Å². The minimum atomic E-state index is -0.121. The van der Waals surface area contributed by atoms with Gasteiger partial charge < -0.3 is 15.2 Å². The number of anilines is 1. The monoisotopic (exact) mass is 305 g/mol. The lowest BCUT2D eigenvalue weighted by molar-refractivity contribution is 0.0963.